The van der Waals surface area contributed by atoms with Crippen LogP contribution in [0.3, 0.4) is 0 Å². The molecule has 0 aliphatic carbocycles. The molecule has 0 heterocycles. The zero-order valence-electron chi connectivity index (χ0n) is 11.3. The Balaban J connectivity index is 0. The maximum atomic E-state index is 9.00. The minimum atomic E-state index is -1.08. The molecule has 0 bridgehead atoms. The van der Waals surface area contributed by atoms with Crippen molar-refractivity contribution in [1.82, 2.24) is 0 Å². The monoisotopic (exact) mass is 266 g/mol. The molecule has 0 saturated heterocycles. The van der Waals surface area contributed by atoms with Crippen LogP contribution in [0.2, 0.25) is 0 Å². The van der Waals surface area contributed by atoms with Crippen molar-refractivity contribution in [3.8, 4) is 0 Å². The molecule has 0 aromatic carbocycles. The van der Waals surface area contributed by atoms with Crippen LogP contribution >= 0.6 is 8.60 Å². The van der Waals surface area contributed by atoms with Gasteiger partial charge in [0.05, 0.1) is 19.8 Å². The molecule has 0 unspecified atom stereocenters. The first-order chi connectivity index (χ1) is 8.08. The van der Waals surface area contributed by atoms with Crippen LogP contribution in [0, 0.1) is 0 Å². The molecule has 0 aliphatic heterocycles. The molecule has 0 atom stereocenters. The fourth-order valence-corrected chi connectivity index (χ4v) is 1.83. The summed E-state index contributed by atoms with van der Waals surface area (Å²) in [6.45, 7) is 8.39. The zero-order chi connectivity index (χ0) is 13.5. The third kappa shape index (κ3) is 21.6. The summed E-state index contributed by atoms with van der Waals surface area (Å²) in [7, 11) is 0.00502. The SMILES string of the molecule is BC(=O)O.CCCOP(OCCC)OCCC. The Hall–Kier alpha value is -0.155. The molecule has 1 N–H and O–H groups in total. The second-order valence-corrected chi connectivity index (χ2v) is 4.46. The maximum absolute atomic E-state index is 9.00. The lowest BCUT2D eigenvalue weighted by atomic mass is 10.2. The van der Waals surface area contributed by atoms with E-state index in [2.05, 4.69) is 20.8 Å². The number of hydrogen-bond acceptors (Lipinski definition) is 4. The van der Waals surface area contributed by atoms with Crippen LogP contribution in [-0.4, -0.2) is 38.6 Å². The van der Waals surface area contributed by atoms with Crippen LogP contribution < -0.4 is 0 Å². The fraction of sp³-hybridized carbons (Fsp3) is 0.900. The number of hydrogen-bond donors (Lipinski definition) is 1. The zero-order valence-corrected chi connectivity index (χ0v) is 12.2. The molecule has 0 aliphatic rings. The minimum absolute atomic E-state index is 0.721. The van der Waals surface area contributed by atoms with Gasteiger partial charge in [0.1, 0.15) is 0 Å². The van der Waals surface area contributed by atoms with Gasteiger partial charge in [0.25, 0.3) is 0 Å². The fourth-order valence-electron chi connectivity index (χ4n) is 0.609. The van der Waals surface area contributed by atoms with Crippen molar-refractivity contribution in [3.05, 3.63) is 0 Å². The van der Waals surface area contributed by atoms with Gasteiger partial charge in [0.2, 0.25) is 13.7 Å². The molecule has 0 rings (SSSR count). The lowest BCUT2D eigenvalue weighted by Gasteiger charge is -2.15. The molecular weight excluding hydrogens is 242 g/mol. The number of rotatable bonds is 9. The molecule has 5 nitrogen and oxygen atoms in total. The van der Waals surface area contributed by atoms with Crippen LogP contribution in [0.1, 0.15) is 40.0 Å². The van der Waals surface area contributed by atoms with Gasteiger partial charge in [-0.2, -0.15) is 0 Å². The maximum Gasteiger partial charge on any atom is 0.332 e. The van der Waals surface area contributed by atoms with Crippen molar-refractivity contribution in [3.63, 3.8) is 0 Å². The van der Waals surface area contributed by atoms with Crippen LogP contribution in [0.4, 0.5) is 4.79 Å². The van der Waals surface area contributed by atoms with E-state index < -0.39 is 14.5 Å². The molecule has 0 spiro atoms. The van der Waals surface area contributed by atoms with E-state index >= 15 is 0 Å². The Kier molecular flexibility index (Phi) is 17.9. The summed E-state index contributed by atoms with van der Waals surface area (Å²) >= 11 is 0. The highest BCUT2D eigenvalue weighted by Crippen LogP contribution is 2.39. The third-order valence-corrected chi connectivity index (χ3v) is 2.38. The summed E-state index contributed by atoms with van der Waals surface area (Å²) in [5, 5.41) is 7.42. The van der Waals surface area contributed by atoms with Gasteiger partial charge in [0, 0.05) is 0 Å². The van der Waals surface area contributed by atoms with Crippen LogP contribution in [-0.2, 0) is 13.6 Å². The van der Waals surface area contributed by atoms with E-state index in [-0.39, 0.29) is 0 Å². The summed E-state index contributed by atoms with van der Waals surface area (Å²) < 4.78 is 16.2. The molecule has 0 amide bonds. The van der Waals surface area contributed by atoms with Crippen LogP contribution in [0.15, 0.2) is 0 Å². The Bertz CT molecular complexity index is 148. The Morgan fingerprint density at radius 2 is 1.24 bits per heavy atom. The standard InChI is InChI=1S/C9H21O3P.CH3BO2/c1-4-7-10-13(11-8-5-2)12-9-6-3;2-1(3)4/h4-9H2,1-3H3;2H2,(H,3,4). The average molecular weight is 266 g/mol. The normalized spacial score (nSPS) is 9.88. The van der Waals surface area contributed by atoms with Crippen molar-refractivity contribution in [2.75, 3.05) is 19.8 Å². The van der Waals surface area contributed by atoms with E-state index in [9.17, 15) is 0 Å². The smallest absolute Gasteiger partial charge is 0.332 e. The van der Waals surface area contributed by atoms with Gasteiger partial charge in [-0.25, -0.2) is 0 Å². The van der Waals surface area contributed by atoms with Crippen molar-refractivity contribution in [2.45, 2.75) is 40.0 Å². The average Bonchev–Trinajstić information content (AvgIpc) is 2.27. The molecular formula is C10H24BO5P. The van der Waals surface area contributed by atoms with Gasteiger partial charge < -0.3 is 18.7 Å². The predicted molar refractivity (Wildman–Crippen MR) is 72.2 cm³/mol. The second kappa shape index (κ2) is 15.8. The van der Waals surface area contributed by atoms with Gasteiger partial charge in [-0.05, 0) is 19.3 Å². The Morgan fingerprint density at radius 1 is 1.00 bits per heavy atom. The quantitative estimate of drug-likeness (QED) is 0.513. The van der Waals surface area contributed by atoms with Gasteiger partial charge in [-0.1, -0.05) is 20.8 Å². The lowest BCUT2D eigenvalue weighted by Crippen LogP contribution is -1.98. The Labute approximate surface area is 106 Å². The highest BCUT2D eigenvalue weighted by atomic mass is 31.2. The first kappa shape index (κ1) is 19.2. The van der Waals surface area contributed by atoms with E-state index in [0.717, 1.165) is 46.9 Å². The predicted octanol–water partition coefficient (Wildman–Crippen LogP) is 2.79. The van der Waals surface area contributed by atoms with Gasteiger partial charge >= 0.3 is 8.60 Å². The highest BCUT2D eigenvalue weighted by Gasteiger charge is 2.10. The van der Waals surface area contributed by atoms with Crippen molar-refractivity contribution < 1.29 is 23.5 Å². The lowest BCUT2D eigenvalue weighted by molar-refractivity contribution is 0.160. The molecule has 102 valence electrons. The summed E-state index contributed by atoms with van der Waals surface area (Å²) in [4.78, 5) is 9.00. The highest BCUT2D eigenvalue weighted by molar-refractivity contribution is 7.41. The number of carboxylic acid groups (broad SMARTS) is 1. The van der Waals surface area contributed by atoms with Crippen molar-refractivity contribution in [1.29, 1.82) is 0 Å². The summed E-state index contributed by atoms with van der Waals surface area (Å²) in [5.74, 6) is -0.833. The van der Waals surface area contributed by atoms with Gasteiger partial charge in [-0.3, -0.25) is 4.79 Å². The molecule has 0 aromatic rings. The summed E-state index contributed by atoms with van der Waals surface area (Å²) in [5.41, 5.74) is 0. The van der Waals surface area contributed by atoms with E-state index in [1.807, 2.05) is 0 Å². The van der Waals surface area contributed by atoms with Crippen molar-refractivity contribution in [2.24, 2.45) is 0 Å². The van der Waals surface area contributed by atoms with E-state index in [0.29, 0.717) is 0 Å². The molecule has 17 heavy (non-hydrogen) atoms. The first-order valence-electron chi connectivity index (χ1n) is 5.96. The van der Waals surface area contributed by atoms with Crippen molar-refractivity contribution >= 4 is 22.3 Å². The first-order valence-corrected chi connectivity index (χ1v) is 7.06. The summed E-state index contributed by atoms with van der Waals surface area (Å²) in [6, 6.07) is 0. The van der Waals surface area contributed by atoms with E-state index in [4.69, 9.17) is 23.5 Å². The molecule has 0 radical (unpaired) electrons. The largest absolute Gasteiger partial charge is 0.490 e. The van der Waals surface area contributed by atoms with Gasteiger partial charge in [-0.15, -0.1) is 0 Å². The Morgan fingerprint density at radius 3 is 1.41 bits per heavy atom. The summed E-state index contributed by atoms with van der Waals surface area (Å²) in [6.07, 6.45) is 3.01. The topological polar surface area (TPSA) is 65.0 Å². The number of carbonyl (C=O) groups is 1. The molecule has 0 saturated carbocycles. The van der Waals surface area contributed by atoms with E-state index in [1.54, 1.807) is 0 Å². The minimum Gasteiger partial charge on any atom is -0.490 e. The van der Waals surface area contributed by atoms with Crippen LogP contribution in [0.5, 0.6) is 0 Å². The molecule has 0 aromatic heterocycles. The van der Waals surface area contributed by atoms with Gasteiger partial charge in [0.15, 0.2) is 0 Å². The van der Waals surface area contributed by atoms with Crippen LogP contribution in [0.25, 0.3) is 0 Å². The third-order valence-electron chi connectivity index (χ3n) is 1.20. The molecule has 7 heteroatoms. The molecule has 0 fully saturated rings. The van der Waals surface area contributed by atoms with E-state index in [1.165, 1.54) is 0 Å². The second-order valence-electron chi connectivity index (χ2n) is 3.24.